The molecular weight excluding hydrogens is 416 g/mol. The molecule has 0 radical (unpaired) electrons. The van der Waals surface area contributed by atoms with E-state index >= 15 is 0 Å². The normalized spacial score (nSPS) is 13.2. The number of pyridine rings is 1. The van der Waals surface area contributed by atoms with Gasteiger partial charge in [-0.15, -0.1) is 0 Å². The first-order valence-corrected chi connectivity index (χ1v) is 11.0. The molecule has 1 aliphatic rings. The molecule has 1 saturated carbocycles. The Morgan fingerprint density at radius 2 is 1.67 bits per heavy atom. The van der Waals surface area contributed by atoms with Crippen LogP contribution in [0.15, 0.2) is 48.5 Å². The molecule has 7 heteroatoms. The van der Waals surface area contributed by atoms with E-state index in [4.69, 9.17) is 19.6 Å². The summed E-state index contributed by atoms with van der Waals surface area (Å²) in [5, 5.41) is 8.51. The van der Waals surface area contributed by atoms with Crippen molar-refractivity contribution >= 4 is 22.6 Å². The average Bonchev–Trinajstić information content (AvgIpc) is 3.62. The molecule has 0 aliphatic heterocycles. The molecule has 168 valence electrons. The third-order valence-electron chi connectivity index (χ3n) is 5.96. The topological polar surface area (TPSA) is 78.3 Å². The summed E-state index contributed by atoms with van der Waals surface area (Å²) in [5.41, 5.74) is 5.65. The second-order valence-corrected chi connectivity index (χ2v) is 8.46. The molecule has 4 aromatic rings. The highest BCUT2D eigenvalue weighted by molar-refractivity contribution is 6.13. The predicted octanol–water partition coefficient (Wildman–Crippen LogP) is 5.18. The lowest BCUT2D eigenvalue weighted by molar-refractivity contribution is 0.102. The van der Waals surface area contributed by atoms with Gasteiger partial charge in [-0.3, -0.25) is 4.79 Å². The number of hydrogen-bond donors (Lipinski definition) is 1. The van der Waals surface area contributed by atoms with Crippen LogP contribution in [0.3, 0.4) is 0 Å². The monoisotopic (exact) mass is 442 g/mol. The van der Waals surface area contributed by atoms with Gasteiger partial charge in [0, 0.05) is 35.5 Å². The minimum absolute atomic E-state index is 0.217. The Hall–Kier alpha value is -3.87. The Kier molecular flexibility index (Phi) is 5.24. The zero-order chi connectivity index (χ0) is 23.1. The number of ether oxygens (including phenoxy) is 2. The van der Waals surface area contributed by atoms with Gasteiger partial charge in [-0.2, -0.15) is 5.10 Å². The summed E-state index contributed by atoms with van der Waals surface area (Å²) in [5.74, 6) is 1.38. The minimum atomic E-state index is -0.217. The van der Waals surface area contributed by atoms with Crippen molar-refractivity contribution in [3.05, 3.63) is 71.0 Å². The van der Waals surface area contributed by atoms with Gasteiger partial charge in [-0.25, -0.2) is 9.67 Å². The molecule has 2 aromatic carbocycles. The van der Waals surface area contributed by atoms with Crippen molar-refractivity contribution in [3.63, 3.8) is 0 Å². The van der Waals surface area contributed by atoms with Crippen LogP contribution in [0, 0.1) is 13.8 Å². The summed E-state index contributed by atoms with van der Waals surface area (Å²) >= 11 is 0. The minimum Gasteiger partial charge on any atom is -0.497 e. The lowest BCUT2D eigenvalue weighted by atomic mass is 10.1. The molecule has 0 spiro atoms. The van der Waals surface area contributed by atoms with E-state index in [1.54, 1.807) is 32.4 Å². The van der Waals surface area contributed by atoms with Gasteiger partial charge >= 0.3 is 0 Å². The van der Waals surface area contributed by atoms with E-state index in [9.17, 15) is 4.79 Å². The molecule has 1 aliphatic carbocycles. The van der Waals surface area contributed by atoms with Crippen LogP contribution in [-0.4, -0.2) is 34.9 Å². The van der Waals surface area contributed by atoms with Gasteiger partial charge in [0.05, 0.1) is 36.6 Å². The van der Waals surface area contributed by atoms with Crippen LogP contribution in [-0.2, 0) is 0 Å². The number of anilines is 1. The Morgan fingerprint density at radius 1 is 1.00 bits per heavy atom. The molecule has 1 fully saturated rings. The van der Waals surface area contributed by atoms with E-state index in [1.807, 2.05) is 41.9 Å². The van der Waals surface area contributed by atoms with Gasteiger partial charge in [0.25, 0.3) is 5.91 Å². The van der Waals surface area contributed by atoms with Crippen LogP contribution in [0.1, 0.15) is 46.1 Å². The summed E-state index contributed by atoms with van der Waals surface area (Å²) in [6.45, 7) is 3.96. The molecule has 1 N–H and O–H groups in total. The zero-order valence-corrected chi connectivity index (χ0v) is 19.2. The van der Waals surface area contributed by atoms with Crippen LogP contribution in [0.5, 0.6) is 11.5 Å². The van der Waals surface area contributed by atoms with Crippen LogP contribution >= 0.6 is 0 Å². The lowest BCUT2D eigenvalue weighted by Crippen LogP contribution is -2.14. The Bertz CT molecular complexity index is 1330. The van der Waals surface area contributed by atoms with Crippen LogP contribution in [0.25, 0.3) is 16.7 Å². The summed E-state index contributed by atoms with van der Waals surface area (Å²) in [4.78, 5) is 18.4. The number of benzene rings is 2. The van der Waals surface area contributed by atoms with E-state index in [0.29, 0.717) is 34.3 Å². The Balaban J connectivity index is 1.62. The summed E-state index contributed by atoms with van der Waals surface area (Å²) in [7, 11) is 3.16. The first kappa shape index (κ1) is 21.0. The number of carbonyl (C=O) groups is 1. The van der Waals surface area contributed by atoms with Crippen molar-refractivity contribution in [3.8, 4) is 17.2 Å². The second kappa shape index (κ2) is 8.24. The van der Waals surface area contributed by atoms with Gasteiger partial charge in [0.15, 0.2) is 5.65 Å². The van der Waals surface area contributed by atoms with Crippen LogP contribution < -0.4 is 14.8 Å². The van der Waals surface area contributed by atoms with E-state index < -0.39 is 0 Å². The fourth-order valence-electron chi connectivity index (χ4n) is 4.02. The number of hydrogen-bond acceptors (Lipinski definition) is 5. The van der Waals surface area contributed by atoms with Crippen molar-refractivity contribution in [1.29, 1.82) is 0 Å². The van der Waals surface area contributed by atoms with Gasteiger partial charge < -0.3 is 14.8 Å². The van der Waals surface area contributed by atoms with E-state index in [1.165, 1.54) is 5.56 Å². The summed E-state index contributed by atoms with van der Waals surface area (Å²) in [6.07, 6.45) is 2.18. The maximum absolute atomic E-state index is 13.5. The molecule has 0 unspecified atom stereocenters. The zero-order valence-electron chi connectivity index (χ0n) is 19.2. The maximum atomic E-state index is 13.5. The van der Waals surface area contributed by atoms with Crippen molar-refractivity contribution in [2.75, 3.05) is 19.5 Å². The van der Waals surface area contributed by atoms with Crippen molar-refractivity contribution in [2.24, 2.45) is 0 Å². The number of aromatic nitrogens is 3. The molecule has 7 nitrogen and oxygen atoms in total. The third-order valence-corrected chi connectivity index (χ3v) is 5.96. The Morgan fingerprint density at radius 3 is 2.27 bits per heavy atom. The fourth-order valence-corrected chi connectivity index (χ4v) is 4.02. The maximum Gasteiger partial charge on any atom is 0.256 e. The molecule has 5 rings (SSSR count). The second-order valence-electron chi connectivity index (χ2n) is 8.46. The van der Waals surface area contributed by atoms with E-state index in [0.717, 1.165) is 35.3 Å². The number of amides is 1. The lowest BCUT2D eigenvalue weighted by Gasteiger charge is -2.12. The summed E-state index contributed by atoms with van der Waals surface area (Å²) in [6, 6.07) is 15.4. The van der Waals surface area contributed by atoms with E-state index in [-0.39, 0.29) is 5.91 Å². The van der Waals surface area contributed by atoms with Gasteiger partial charge in [0.2, 0.25) is 0 Å². The first-order chi connectivity index (χ1) is 16.0. The highest BCUT2D eigenvalue weighted by Crippen LogP contribution is 2.41. The first-order valence-electron chi connectivity index (χ1n) is 11.0. The molecule has 33 heavy (non-hydrogen) atoms. The molecule has 0 bridgehead atoms. The molecule has 0 atom stereocenters. The SMILES string of the molecule is COc1cc(NC(=O)c2cc(C3CC3)nc3c2c(C)nn3-c2ccc(C)cc2)cc(OC)c1. The average molecular weight is 443 g/mol. The number of nitrogens with zero attached hydrogens (tertiary/aromatic N) is 3. The number of rotatable bonds is 6. The highest BCUT2D eigenvalue weighted by Gasteiger charge is 2.29. The third kappa shape index (κ3) is 4.02. The molecule has 0 saturated heterocycles. The number of carbonyl (C=O) groups excluding carboxylic acids is 1. The Labute approximate surface area is 192 Å². The number of nitrogens with one attached hydrogen (secondary N) is 1. The highest BCUT2D eigenvalue weighted by atomic mass is 16.5. The van der Waals surface area contributed by atoms with Gasteiger partial charge in [-0.1, -0.05) is 17.7 Å². The van der Waals surface area contributed by atoms with Crippen LogP contribution in [0.2, 0.25) is 0 Å². The molecule has 2 aromatic heterocycles. The predicted molar refractivity (Wildman–Crippen MR) is 128 cm³/mol. The molecule has 2 heterocycles. The number of methoxy groups -OCH3 is 2. The van der Waals surface area contributed by atoms with Gasteiger partial charge in [-0.05, 0) is 44.9 Å². The van der Waals surface area contributed by atoms with Crippen molar-refractivity contribution < 1.29 is 14.3 Å². The number of aryl methyl sites for hydroxylation is 2. The smallest absolute Gasteiger partial charge is 0.256 e. The molecule has 1 amide bonds. The largest absolute Gasteiger partial charge is 0.497 e. The quantitative estimate of drug-likeness (QED) is 0.445. The molecular formula is C26H26N4O3. The standard InChI is InChI=1S/C26H26N4O3/c1-15-5-9-19(10-6-15)30-25-24(16(2)29-30)22(14-23(28-25)17-7-8-17)26(31)27-18-11-20(32-3)13-21(12-18)33-4/h5-6,9-14,17H,7-8H2,1-4H3,(H,27,31). The van der Waals surface area contributed by atoms with E-state index in [2.05, 4.69) is 12.2 Å². The number of fused-ring (bicyclic) bond motifs is 1. The van der Waals surface area contributed by atoms with Gasteiger partial charge in [0.1, 0.15) is 11.5 Å². The fraction of sp³-hybridized carbons (Fsp3) is 0.269. The van der Waals surface area contributed by atoms with Crippen molar-refractivity contribution in [1.82, 2.24) is 14.8 Å². The summed E-state index contributed by atoms with van der Waals surface area (Å²) < 4.78 is 12.5. The van der Waals surface area contributed by atoms with Crippen LogP contribution in [0.4, 0.5) is 5.69 Å². The van der Waals surface area contributed by atoms with Crippen molar-refractivity contribution in [2.45, 2.75) is 32.6 Å².